The van der Waals surface area contributed by atoms with E-state index in [-0.39, 0.29) is 21.6 Å². The summed E-state index contributed by atoms with van der Waals surface area (Å²) in [6.45, 7) is 0. The Morgan fingerprint density at radius 2 is 2.18 bits per heavy atom. The van der Waals surface area contributed by atoms with Crippen molar-refractivity contribution in [3.63, 3.8) is 0 Å². The van der Waals surface area contributed by atoms with Crippen molar-refractivity contribution < 1.29 is 19.2 Å². The molecule has 0 aliphatic heterocycles. The van der Waals surface area contributed by atoms with Gasteiger partial charge in [0, 0.05) is 11.0 Å². The Kier molecular flexibility index (Phi) is 3.55. The van der Waals surface area contributed by atoms with Gasteiger partial charge in [-0.05, 0) is 29.2 Å². The van der Waals surface area contributed by atoms with Gasteiger partial charge in [-0.1, -0.05) is 17.8 Å². The van der Waals surface area contributed by atoms with E-state index in [1.807, 2.05) is 12.1 Å². The number of benzene rings is 2. The molecule has 0 unspecified atom stereocenters. The molecule has 0 radical (unpaired) electrons. The number of nitro groups is 1. The second-order valence-electron chi connectivity index (χ2n) is 4.25. The summed E-state index contributed by atoms with van der Waals surface area (Å²) in [7, 11) is 1.56. The SMILES string of the molecule is COc1cccc(Sc2ccc([N+](=O)[O-])c3no[n+]([O-])c23)c1. The Balaban J connectivity index is 2.09. The van der Waals surface area contributed by atoms with Crippen LogP contribution < -0.4 is 9.64 Å². The molecule has 0 atom stereocenters. The topological polar surface area (TPSA) is 105 Å². The summed E-state index contributed by atoms with van der Waals surface area (Å²) in [5.74, 6) is 0.670. The van der Waals surface area contributed by atoms with Gasteiger partial charge < -0.3 is 9.94 Å². The van der Waals surface area contributed by atoms with E-state index in [0.717, 1.165) is 4.90 Å². The van der Waals surface area contributed by atoms with Crippen LogP contribution >= 0.6 is 11.8 Å². The van der Waals surface area contributed by atoms with E-state index in [2.05, 4.69) is 9.79 Å². The van der Waals surface area contributed by atoms with Crippen molar-refractivity contribution in [3.8, 4) is 5.75 Å². The molecule has 0 fully saturated rings. The van der Waals surface area contributed by atoms with Crippen molar-refractivity contribution in [1.29, 1.82) is 0 Å². The molecule has 0 saturated carbocycles. The van der Waals surface area contributed by atoms with Crippen LogP contribution in [0.3, 0.4) is 0 Å². The molecular weight excluding hydrogens is 310 g/mol. The van der Waals surface area contributed by atoms with E-state index in [0.29, 0.717) is 10.6 Å². The highest BCUT2D eigenvalue weighted by molar-refractivity contribution is 7.99. The van der Waals surface area contributed by atoms with Gasteiger partial charge in [-0.15, -0.1) is 0 Å². The van der Waals surface area contributed by atoms with Crippen LogP contribution in [-0.4, -0.2) is 17.2 Å². The van der Waals surface area contributed by atoms with Gasteiger partial charge in [0.2, 0.25) is 5.52 Å². The van der Waals surface area contributed by atoms with Gasteiger partial charge in [0.15, 0.2) is 0 Å². The third kappa shape index (κ3) is 2.42. The van der Waals surface area contributed by atoms with Crippen LogP contribution in [0.5, 0.6) is 5.75 Å². The fraction of sp³-hybridized carbons (Fsp3) is 0.0769. The lowest BCUT2D eigenvalue weighted by Crippen LogP contribution is -2.23. The molecule has 1 aromatic heterocycles. The van der Waals surface area contributed by atoms with Crippen molar-refractivity contribution in [3.05, 3.63) is 51.7 Å². The van der Waals surface area contributed by atoms with Gasteiger partial charge in [-0.2, -0.15) is 0 Å². The highest BCUT2D eigenvalue weighted by Crippen LogP contribution is 2.36. The van der Waals surface area contributed by atoms with Crippen molar-refractivity contribution in [2.45, 2.75) is 9.79 Å². The van der Waals surface area contributed by atoms with Crippen LogP contribution in [0.25, 0.3) is 11.0 Å². The zero-order valence-electron chi connectivity index (χ0n) is 11.3. The Morgan fingerprint density at radius 1 is 1.36 bits per heavy atom. The molecule has 0 spiro atoms. The maximum absolute atomic E-state index is 11.7. The third-order valence-electron chi connectivity index (χ3n) is 2.95. The monoisotopic (exact) mass is 319 g/mol. The molecule has 9 heteroatoms. The summed E-state index contributed by atoms with van der Waals surface area (Å²) in [6, 6.07) is 10.0. The molecule has 112 valence electrons. The largest absolute Gasteiger partial charge is 0.497 e. The molecule has 0 bridgehead atoms. The average molecular weight is 319 g/mol. The van der Waals surface area contributed by atoms with E-state index >= 15 is 0 Å². The van der Waals surface area contributed by atoms with E-state index in [4.69, 9.17) is 4.74 Å². The maximum Gasteiger partial charge on any atom is 0.327 e. The van der Waals surface area contributed by atoms with E-state index < -0.39 is 4.92 Å². The number of hydrogen-bond donors (Lipinski definition) is 0. The van der Waals surface area contributed by atoms with Crippen LogP contribution in [-0.2, 0) is 0 Å². The highest BCUT2D eigenvalue weighted by atomic mass is 32.2. The fourth-order valence-electron chi connectivity index (χ4n) is 1.96. The van der Waals surface area contributed by atoms with Crippen molar-refractivity contribution >= 4 is 28.5 Å². The first-order valence-corrected chi connectivity index (χ1v) is 6.90. The lowest BCUT2D eigenvalue weighted by atomic mass is 10.3. The standard InChI is InChI=1S/C13H9N3O5S/c1-20-8-3-2-4-9(7-8)22-11-6-5-10(15(17)18)12-13(11)16(19)21-14-12/h2-7H,1H3. The summed E-state index contributed by atoms with van der Waals surface area (Å²) in [4.78, 5) is 11.9. The molecular formula is C13H9N3O5S. The molecule has 1 heterocycles. The predicted octanol–water partition coefficient (Wildman–Crippen LogP) is 2.53. The molecule has 0 saturated heterocycles. The number of aromatic nitrogens is 2. The van der Waals surface area contributed by atoms with E-state index in [1.165, 1.54) is 23.9 Å². The first-order valence-electron chi connectivity index (χ1n) is 6.09. The molecule has 0 aliphatic rings. The molecule has 22 heavy (non-hydrogen) atoms. The second kappa shape index (κ2) is 5.53. The number of nitro benzene ring substituents is 1. The Bertz CT molecular complexity index is 864. The lowest BCUT2D eigenvalue weighted by Gasteiger charge is -2.04. The second-order valence-corrected chi connectivity index (χ2v) is 5.36. The number of fused-ring (bicyclic) bond motifs is 1. The predicted molar refractivity (Wildman–Crippen MR) is 76.7 cm³/mol. The number of nitrogens with zero attached hydrogens (tertiary/aromatic N) is 3. The minimum atomic E-state index is -0.606. The summed E-state index contributed by atoms with van der Waals surface area (Å²) in [5.41, 5.74) is -0.321. The highest BCUT2D eigenvalue weighted by Gasteiger charge is 2.26. The average Bonchev–Trinajstić information content (AvgIpc) is 2.90. The van der Waals surface area contributed by atoms with Crippen LogP contribution in [0, 0.1) is 15.3 Å². The van der Waals surface area contributed by atoms with Crippen LogP contribution in [0.15, 0.2) is 50.8 Å². The number of hydrogen-bond acceptors (Lipinski definition) is 7. The quantitative estimate of drug-likeness (QED) is 0.413. The van der Waals surface area contributed by atoms with E-state index in [1.54, 1.807) is 19.2 Å². The number of ether oxygens (including phenoxy) is 1. The van der Waals surface area contributed by atoms with Crippen molar-refractivity contribution in [1.82, 2.24) is 5.16 Å². The van der Waals surface area contributed by atoms with Crippen molar-refractivity contribution in [2.75, 3.05) is 7.11 Å². The van der Waals surface area contributed by atoms with Gasteiger partial charge >= 0.3 is 11.2 Å². The van der Waals surface area contributed by atoms with Gasteiger partial charge in [-0.25, -0.2) is 0 Å². The summed E-state index contributed by atoms with van der Waals surface area (Å²) in [5, 5.41) is 26.2. The molecule has 2 aromatic carbocycles. The number of rotatable bonds is 4. The third-order valence-corrected chi connectivity index (χ3v) is 3.99. The zero-order valence-corrected chi connectivity index (χ0v) is 12.1. The molecule has 3 aromatic rings. The van der Waals surface area contributed by atoms with Gasteiger partial charge in [-0.3, -0.25) is 14.7 Å². The fourth-order valence-corrected chi connectivity index (χ4v) is 2.94. The van der Waals surface area contributed by atoms with Gasteiger partial charge in [0.05, 0.1) is 22.1 Å². The first kappa shape index (κ1) is 14.1. The van der Waals surface area contributed by atoms with Gasteiger partial charge in [0.25, 0.3) is 0 Å². The summed E-state index contributed by atoms with van der Waals surface area (Å²) >= 11 is 1.26. The number of non-ortho nitro benzene ring substituents is 1. The van der Waals surface area contributed by atoms with Crippen molar-refractivity contribution in [2.24, 2.45) is 0 Å². The Labute approximate surface area is 128 Å². The maximum atomic E-state index is 11.7. The Hall–Kier alpha value is -2.81. The number of methoxy groups -OCH3 is 1. The van der Waals surface area contributed by atoms with Crippen LogP contribution in [0.1, 0.15) is 0 Å². The normalized spacial score (nSPS) is 10.8. The minimum absolute atomic E-state index is 0.0296. The zero-order chi connectivity index (χ0) is 15.7. The van der Waals surface area contributed by atoms with Gasteiger partial charge in [0.1, 0.15) is 5.75 Å². The molecule has 3 rings (SSSR count). The first-order chi connectivity index (χ1) is 10.6. The van der Waals surface area contributed by atoms with E-state index in [9.17, 15) is 15.3 Å². The van der Waals surface area contributed by atoms with Crippen LogP contribution in [0.4, 0.5) is 5.69 Å². The summed E-state index contributed by atoms with van der Waals surface area (Å²) < 4.78 is 9.64. The smallest absolute Gasteiger partial charge is 0.327 e. The molecule has 0 N–H and O–H groups in total. The molecule has 0 aliphatic carbocycles. The molecule has 0 amide bonds. The molecule has 8 nitrogen and oxygen atoms in total. The minimum Gasteiger partial charge on any atom is -0.497 e. The summed E-state index contributed by atoms with van der Waals surface area (Å²) in [6.07, 6.45) is 0. The Morgan fingerprint density at radius 3 is 2.91 bits per heavy atom. The van der Waals surface area contributed by atoms with Crippen LogP contribution in [0.2, 0.25) is 0 Å². The lowest BCUT2D eigenvalue weighted by molar-refractivity contribution is -0.783.